The van der Waals surface area contributed by atoms with Crippen LogP contribution >= 0.6 is 0 Å². The number of unbranched alkanes of at least 4 members (excludes halogenated alkanes) is 1. The monoisotopic (exact) mass is 251 g/mol. The molecule has 0 aliphatic rings. The number of nitrogens with zero attached hydrogens (tertiary/aromatic N) is 2. The summed E-state index contributed by atoms with van der Waals surface area (Å²) in [4.78, 5) is 0. The smallest absolute Gasteiger partial charge is 0.0666 e. The standard InChI is InChI=1S/C15H29N3/c1-5-8-10-14(9-6-2)16-11-13-12-18(4)17-15(13)7-3/h12,14,16H,5-11H2,1-4H3. The van der Waals surface area contributed by atoms with Gasteiger partial charge in [0.05, 0.1) is 5.69 Å². The highest BCUT2D eigenvalue weighted by Gasteiger charge is 2.10. The number of hydrogen-bond donors (Lipinski definition) is 1. The third kappa shape index (κ3) is 4.81. The molecule has 0 bridgehead atoms. The van der Waals surface area contributed by atoms with E-state index in [1.165, 1.54) is 43.4 Å². The molecule has 18 heavy (non-hydrogen) atoms. The highest BCUT2D eigenvalue weighted by molar-refractivity contribution is 5.16. The van der Waals surface area contributed by atoms with E-state index in [1.807, 2.05) is 11.7 Å². The van der Waals surface area contributed by atoms with Gasteiger partial charge in [-0.25, -0.2) is 0 Å². The van der Waals surface area contributed by atoms with E-state index in [2.05, 4.69) is 37.4 Å². The maximum absolute atomic E-state index is 4.49. The Balaban J connectivity index is 2.49. The highest BCUT2D eigenvalue weighted by Crippen LogP contribution is 2.11. The lowest BCUT2D eigenvalue weighted by molar-refractivity contribution is 0.433. The fraction of sp³-hybridized carbons (Fsp3) is 0.800. The van der Waals surface area contributed by atoms with E-state index < -0.39 is 0 Å². The third-order valence-corrected chi connectivity index (χ3v) is 3.45. The van der Waals surface area contributed by atoms with Gasteiger partial charge in [-0.05, 0) is 19.3 Å². The summed E-state index contributed by atoms with van der Waals surface area (Å²) in [7, 11) is 2.00. The Morgan fingerprint density at radius 2 is 2.00 bits per heavy atom. The number of aryl methyl sites for hydroxylation is 2. The molecule has 1 rings (SSSR count). The maximum Gasteiger partial charge on any atom is 0.0666 e. The van der Waals surface area contributed by atoms with Crippen LogP contribution in [0.4, 0.5) is 0 Å². The van der Waals surface area contributed by atoms with Gasteiger partial charge in [0, 0.05) is 31.4 Å². The first kappa shape index (κ1) is 15.2. The van der Waals surface area contributed by atoms with Crippen molar-refractivity contribution in [1.82, 2.24) is 15.1 Å². The molecule has 1 aromatic rings. The molecular formula is C15H29N3. The van der Waals surface area contributed by atoms with E-state index in [0.717, 1.165) is 13.0 Å². The van der Waals surface area contributed by atoms with Crippen LogP contribution < -0.4 is 5.32 Å². The summed E-state index contributed by atoms with van der Waals surface area (Å²) in [5.41, 5.74) is 2.59. The van der Waals surface area contributed by atoms with Gasteiger partial charge in [-0.15, -0.1) is 0 Å². The molecule has 0 aliphatic heterocycles. The molecule has 1 aromatic heterocycles. The zero-order valence-electron chi connectivity index (χ0n) is 12.5. The first-order valence-corrected chi connectivity index (χ1v) is 7.45. The van der Waals surface area contributed by atoms with E-state index in [4.69, 9.17) is 0 Å². The Bertz CT molecular complexity index is 330. The minimum Gasteiger partial charge on any atom is -0.310 e. The molecular weight excluding hydrogens is 222 g/mol. The van der Waals surface area contributed by atoms with Crippen LogP contribution in [0, 0.1) is 0 Å². The normalized spacial score (nSPS) is 12.9. The van der Waals surface area contributed by atoms with Gasteiger partial charge in [0.25, 0.3) is 0 Å². The van der Waals surface area contributed by atoms with Crippen molar-refractivity contribution in [2.75, 3.05) is 0 Å². The Hall–Kier alpha value is -0.830. The van der Waals surface area contributed by atoms with Crippen LogP contribution in [0.2, 0.25) is 0 Å². The lowest BCUT2D eigenvalue weighted by Crippen LogP contribution is -2.28. The van der Waals surface area contributed by atoms with Gasteiger partial charge in [0.1, 0.15) is 0 Å². The number of nitrogens with one attached hydrogen (secondary N) is 1. The first-order valence-electron chi connectivity index (χ1n) is 7.45. The lowest BCUT2D eigenvalue weighted by atomic mass is 10.0. The summed E-state index contributed by atoms with van der Waals surface area (Å²) in [6, 6.07) is 0.667. The lowest BCUT2D eigenvalue weighted by Gasteiger charge is -2.17. The van der Waals surface area contributed by atoms with Gasteiger partial charge in [-0.1, -0.05) is 40.0 Å². The van der Waals surface area contributed by atoms with Crippen LogP contribution in [-0.4, -0.2) is 15.8 Å². The molecule has 1 unspecified atom stereocenters. The van der Waals surface area contributed by atoms with Crippen molar-refractivity contribution in [3.05, 3.63) is 17.5 Å². The van der Waals surface area contributed by atoms with Crippen molar-refractivity contribution in [2.24, 2.45) is 7.05 Å². The van der Waals surface area contributed by atoms with Gasteiger partial charge in [0.15, 0.2) is 0 Å². The largest absolute Gasteiger partial charge is 0.310 e. The molecule has 3 nitrogen and oxygen atoms in total. The van der Waals surface area contributed by atoms with Gasteiger partial charge in [-0.3, -0.25) is 4.68 Å². The summed E-state index contributed by atoms with van der Waals surface area (Å²) in [6.45, 7) is 7.67. The molecule has 0 aromatic carbocycles. The molecule has 0 saturated heterocycles. The van der Waals surface area contributed by atoms with Crippen LogP contribution in [0.15, 0.2) is 6.20 Å². The van der Waals surface area contributed by atoms with Crippen LogP contribution in [0.5, 0.6) is 0 Å². The van der Waals surface area contributed by atoms with E-state index in [1.54, 1.807) is 0 Å². The average Bonchev–Trinajstić information content (AvgIpc) is 2.73. The minimum atomic E-state index is 0.667. The van der Waals surface area contributed by atoms with E-state index >= 15 is 0 Å². The maximum atomic E-state index is 4.49. The molecule has 0 fully saturated rings. The van der Waals surface area contributed by atoms with Gasteiger partial charge in [0.2, 0.25) is 0 Å². The number of hydrogen-bond acceptors (Lipinski definition) is 2. The van der Waals surface area contributed by atoms with Crippen LogP contribution in [0.3, 0.4) is 0 Å². The molecule has 0 spiro atoms. The van der Waals surface area contributed by atoms with Crippen LogP contribution in [-0.2, 0) is 20.0 Å². The fourth-order valence-corrected chi connectivity index (χ4v) is 2.43. The Kier molecular flexibility index (Phi) is 7.02. The quantitative estimate of drug-likeness (QED) is 0.728. The number of aromatic nitrogens is 2. The third-order valence-electron chi connectivity index (χ3n) is 3.45. The Morgan fingerprint density at radius 1 is 1.22 bits per heavy atom. The van der Waals surface area contributed by atoms with Crippen molar-refractivity contribution in [1.29, 1.82) is 0 Å². The van der Waals surface area contributed by atoms with Crippen LogP contribution in [0.1, 0.15) is 64.1 Å². The highest BCUT2D eigenvalue weighted by atomic mass is 15.3. The zero-order chi connectivity index (χ0) is 13.4. The molecule has 0 radical (unpaired) electrons. The summed E-state index contributed by atoms with van der Waals surface area (Å²) in [5, 5.41) is 8.20. The second-order valence-electron chi connectivity index (χ2n) is 5.14. The van der Waals surface area contributed by atoms with Gasteiger partial charge in [-0.2, -0.15) is 5.10 Å². The predicted octanol–water partition coefficient (Wildman–Crippen LogP) is 3.43. The average molecular weight is 251 g/mol. The van der Waals surface area contributed by atoms with Crippen molar-refractivity contribution < 1.29 is 0 Å². The first-order chi connectivity index (χ1) is 8.71. The molecule has 1 N–H and O–H groups in total. The number of rotatable bonds is 9. The zero-order valence-corrected chi connectivity index (χ0v) is 12.5. The molecule has 3 heteroatoms. The Morgan fingerprint density at radius 3 is 2.61 bits per heavy atom. The van der Waals surface area contributed by atoms with E-state index in [9.17, 15) is 0 Å². The second-order valence-corrected chi connectivity index (χ2v) is 5.14. The molecule has 0 saturated carbocycles. The Labute approximate surface area is 112 Å². The van der Waals surface area contributed by atoms with E-state index in [-0.39, 0.29) is 0 Å². The van der Waals surface area contributed by atoms with Gasteiger partial charge < -0.3 is 5.32 Å². The minimum absolute atomic E-state index is 0.667. The molecule has 104 valence electrons. The van der Waals surface area contributed by atoms with Crippen molar-refractivity contribution in [2.45, 2.75) is 71.9 Å². The summed E-state index contributed by atoms with van der Waals surface area (Å²) in [5.74, 6) is 0. The predicted molar refractivity (Wildman–Crippen MR) is 77.6 cm³/mol. The second kappa shape index (κ2) is 8.30. The van der Waals surface area contributed by atoms with Gasteiger partial charge >= 0.3 is 0 Å². The van der Waals surface area contributed by atoms with Crippen LogP contribution in [0.25, 0.3) is 0 Å². The molecule has 1 atom stereocenters. The van der Waals surface area contributed by atoms with Crippen molar-refractivity contribution >= 4 is 0 Å². The molecule has 0 aliphatic carbocycles. The molecule has 1 heterocycles. The van der Waals surface area contributed by atoms with E-state index in [0.29, 0.717) is 6.04 Å². The fourth-order valence-electron chi connectivity index (χ4n) is 2.43. The summed E-state index contributed by atoms with van der Waals surface area (Å²) in [6.07, 6.45) is 9.61. The summed E-state index contributed by atoms with van der Waals surface area (Å²) >= 11 is 0. The molecule has 0 amide bonds. The SMILES string of the molecule is CCCCC(CCC)NCc1cn(C)nc1CC. The van der Waals surface area contributed by atoms with Crippen molar-refractivity contribution in [3.63, 3.8) is 0 Å². The van der Waals surface area contributed by atoms with Crippen molar-refractivity contribution in [3.8, 4) is 0 Å². The summed E-state index contributed by atoms with van der Waals surface area (Å²) < 4.78 is 1.93. The topological polar surface area (TPSA) is 29.9 Å².